The molecule has 0 bridgehead atoms. The van der Waals surface area contributed by atoms with Crippen LogP contribution in [-0.2, 0) is 0 Å². The van der Waals surface area contributed by atoms with Crippen LogP contribution < -0.4 is 10.7 Å². The maximum atomic E-state index is 11.7. The van der Waals surface area contributed by atoms with Crippen LogP contribution in [0.5, 0.6) is 0 Å². The number of nitrogens with zero attached hydrogens (tertiary/aromatic N) is 2. The van der Waals surface area contributed by atoms with Gasteiger partial charge < -0.3 is 5.32 Å². The first-order chi connectivity index (χ1) is 11.0. The van der Waals surface area contributed by atoms with Crippen molar-refractivity contribution >= 4 is 39.0 Å². The minimum atomic E-state index is -0.478. The first-order valence-corrected chi connectivity index (χ1v) is 7.36. The van der Waals surface area contributed by atoms with E-state index in [1.54, 1.807) is 43.3 Å². The molecule has 2 aromatic rings. The number of benzene rings is 2. The zero-order valence-corrected chi connectivity index (χ0v) is 13.7. The molecular formula is C15H13BrN4O3. The molecule has 0 unspecified atom stereocenters. The average Bonchev–Trinajstić information content (AvgIpc) is 2.55. The summed E-state index contributed by atoms with van der Waals surface area (Å²) in [7, 11) is 0. The van der Waals surface area contributed by atoms with Crippen LogP contribution in [0.2, 0.25) is 0 Å². The van der Waals surface area contributed by atoms with Crippen molar-refractivity contribution in [3.8, 4) is 0 Å². The summed E-state index contributed by atoms with van der Waals surface area (Å²) in [5, 5.41) is 17.2. The van der Waals surface area contributed by atoms with E-state index in [1.165, 1.54) is 12.1 Å². The molecule has 2 aromatic carbocycles. The van der Waals surface area contributed by atoms with Crippen LogP contribution in [0.1, 0.15) is 12.5 Å². The van der Waals surface area contributed by atoms with Gasteiger partial charge in [-0.2, -0.15) is 5.10 Å². The number of non-ortho nitro benzene ring substituents is 1. The summed E-state index contributed by atoms with van der Waals surface area (Å²) >= 11 is 3.31. The van der Waals surface area contributed by atoms with Gasteiger partial charge in [-0.05, 0) is 48.9 Å². The standard InChI is InChI=1S/C15H13BrN4O3/c1-10(11-2-8-14(9-3-11)20(22)23)18-19-15(21)17-13-6-4-12(16)5-7-13/h2-9H,1H3,(H2,17,19,21)/b18-10+. The zero-order chi connectivity index (χ0) is 16.8. The molecule has 2 N–H and O–H groups in total. The van der Waals surface area contributed by atoms with E-state index in [0.29, 0.717) is 17.0 Å². The lowest BCUT2D eigenvalue weighted by Crippen LogP contribution is -2.25. The van der Waals surface area contributed by atoms with Gasteiger partial charge in [-0.1, -0.05) is 15.9 Å². The topological polar surface area (TPSA) is 96.6 Å². The minimum Gasteiger partial charge on any atom is -0.307 e. The average molecular weight is 377 g/mol. The molecule has 0 aromatic heterocycles. The molecule has 0 fully saturated rings. The molecule has 0 aliphatic carbocycles. The Bertz CT molecular complexity index is 742. The van der Waals surface area contributed by atoms with Gasteiger partial charge in [0, 0.05) is 22.3 Å². The van der Waals surface area contributed by atoms with Gasteiger partial charge in [-0.25, -0.2) is 10.2 Å². The first kappa shape index (κ1) is 16.6. The molecule has 118 valence electrons. The van der Waals surface area contributed by atoms with Crippen molar-refractivity contribution in [3.63, 3.8) is 0 Å². The fourth-order valence-corrected chi connectivity index (χ4v) is 1.98. The molecule has 0 spiro atoms. The van der Waals surface area contributed by atoms with E-state index in [4.69, 9.17) is 0 Å². The molecule has 0 aliphatic rings. The Morgan fingerprint density at radius 2 is 1.74 bits per heavy atom. The molecule has 0 aliphatic heterocycles. The van der Waals surface area contributed by atoms with Crippen LogP contribution in [0.25, 0.3) is 0 Å². The first-order valence-electron chi connectivity index (χ1n) is 6.57. The van der Waals surface area contributed by atoms with Crippen LogP contribution in [0, 0.1) is 10.1 Å². The van der Waals surface area contributed by atoms with Gasteiger partial charge >= 0.3 is 6.03 Å². The van der Waals surface area contributed by atoms with Crippen molar-refractivity contribution in [1.29, 1.82) is 0 Å². The van der Waals surface area contributed by atoms with Gasteiger partial charge in [0.25, 0.3) is 5.69 Å². The van der Waals surface area contributed by atoms with E-state index in [1.807, 2.05) is 0 Å². The van der Waals surface area contributed by atoms with Crippen molar-refractivity contribution in [1.82, 2.24) is 5.43 Å². The molecular weight excluding hydrogens is 364 g/mol. The largest absolute Gasteiger partial charge is 0.339 e. The summed E-state index contributed by atoms with van der Waals surface area (Å²) < 4.78 is 0.912. The SMILES string of the molecule is C/C(=N\NC(=O)Nc1ccc(Br)cc1)c1ccc([N+](=O)[O-])cc1. The number of carbonyl (C=O) groups is 1. The van der Waals surface area contributed by atoms with Gasteiger partial charge in [-0.3, -0.25) is 10.1 Å². The van der Waals surface area contributed by atoms with Gasteiger partial charge in [0.15, 0.2) is 0 Å². The fraction of sp³-hybridized carbons (Fsp3) is 0.0667. The number of urea groups is 1. The third kappa shape index (κ3) is 4.89. The quantitative estimate of drug-likeness (QED) is 0.480. The van der Waals surface area contributed by atoms with Gasteiger partial charge in [0.05, 0.1) is 10.6 Å². The Morgan fingerprint density at radius 3 is 2.30 bits per heavy atom. The number of halogens is 1. The molecule has 2 rings (SSSR count). The lowest BCUT2D eigenvalue weighted by atomic mass is 10.1. The van der Waals surface area contributed by atoms with E-state index >= 15 is 0 Å². The second-order valence-electron chi connectivity index (χ2n) is 4.57. The number of nitro benzene ring substituents is 1. The predicted octanol–water partition coefficient (Wildman–Crippen LogP) is 3.90. The van der Waals surface area contributed by atoms with Gasteiger partial charge in [-0.15, -0.1) is 0 Å². The van der Waals surface area contributed by atoms with Crippen molar-refractivity contribution in [2.75, 3.05) is 5.32 Å². The maximum Gasteiger partial charge on any atom is 0.339 e. The predicted molar refractivity (Wildman–Crippen MR) is 91.6 cm³/mol. The number of rotatable bonds is 4. The van der Waals surface area contributed by atoms with E-state index in [9.17, 15) is 14.9 Å². The van der Waals surface area contributed by atoms with Gasteiger partial charge in [0.2, 0.25) is 0 Å². The Kier molecular flexibility index (Phi) is 5.42. The van der Waals surface area contributed by atoms with Crippen molar-refractivity contribution in [2.45, 2.75) is 6.92 Å². The lowest BCUT2D eigenvalue weighted by Gasteiger charge is -2.05. The van der Waals surface area contributed by atoms with Crippen molar-refractivity contribution in [2.24, 2.45) is 5.10 Å². The highest BCUT2D eigenvalue weighted by Crippen LogP contribution is 2.14. The smallest absolute Gasteiger partial charge is 0.307 e. The summed E-state index contributed by atoms with van der Waals surface area (Å²) in [6.07, 6.45) is 0. The Hall–Kier alpha value is -2.74. The molecule has 0 atom stereocenters. The maximum absolute atomic E-state index is 11.7. The Morgan fingerprint density at radius 1 is 1.13 bits per heavy atom. The zero-order valence-electron chi connectivity index (χ0n) is 12.1. The highest BCUT2D eigenvalue weighted by molar-refractivity contribution is 9.10. The minimum absolute atomic E-state index is 0.00231. The summed E-state index contributed by atoms with van der Waals surface area (Å²) in [5.74, 6) is 0. The van der Waals surface area contributed by atoms with Crippen LogP contribution in [-0.4, -0.2) is 16.7 Å². The number of nitro groups is 1. The number of carbonyl (C=O) groups excluding carboxylic acids is 1. The molecule has 23 heavy (non-hydrogen) atoms. The molecule has 8 heteroatoms. The molecule has 7 nitrogen and oxygen atoms in total. The van der Waals surface area contributed by atoms with Crippen LogP contribution in [0.4, 0.5) is 16.2 Å². The Labute approximate surface area is 140 Å². The highest BCUT2D eigenvalue weighted by Gasteiger charge is 2.06. The van der Waals surface area contributed by atoms with Crippen molar-refractivity contribution < 1.29 is 9.72 Å². The number of hydrogen-bond acceptors (Lipinski definition) is 4. The summed E-state index contributed by atoms with van der Waals surface area (Å²) in [6.45, 7) is 1.70. The molecule has 0 radical (unpaired) electrons. The fourth-order valence-electron chi connectivity index (χ4n) is 1.72. The van der Waals surface area contributed by atoms with Crippen LogP contribution in [0.15, 0.2) is 58.1 Å². The van der Waals surface area contributed by atoms with Crippen LogP contribution in [0.3, 0.4) is 0 Å². The number of hydrogen-bond donors (Lipinski definition) is 2. The third-order valence-electron chi connectivity index (χ3n) is 2.92. The molecule has 2 amide bonds. The summed E-state index contributed by atoms with van der Waals surface area (Å²) in [4.78, 5) is 21.9. The van der Waals surface area contributed by atoms with Crippen LogP contribution >= 0.6 is 15.9 Å². The number of nitrogens with one attached hydrogen (secondary N) is 2. The van der Waals surface area contributed by atoms with E-state index in [0.717, 1.165) is 4.47 Å². The number of amides is 2. The summed E-state index contributed by atoms with van der Waals surface area (Å²) in [5.41, 5.74) is 4.22. The second kappa shape index (κ2) is 7.50. The molecule has 0 saturated heterocycles. The number of hydrazone groups is 1. The highest BCUT2D eigenvalue weighted by atomic mass is 79.9. The Balaban J connectivity index is 1.96. The number of anilines is 1. The van der Waals surface area contributed by atoms with E-state index in [2.05, 4.69) is 31.8 Å². The van der Waals surface area contributed by atoms with Crippen molar-refractivity contribution in [3.05, 3.63) is 68.7 Å². The lowest BCUT2D eigenvalue weighted by molar-refractivity contribution is -0.384. The second-order valence-corrected chi connectivity index (χ2v) is 5.49. The van der Waals surface area contributed by atoms with Gasteiger partial charge in [0.1, 0.15) is 0 Å². The van der Waals surface area contributed by atoms with E-state index in [-0.39, 0.29) is 5.69 Å². The summed E-state index contributed by atoms with van der Waals surface area (Å²) in [6, 6.07) is 12.5. The third-order valence-corrected chi connectivity index (χ3v) is 3.45. The monoisotopic (exact) mass is 376 g/mol. The normalized spacial score (nSPS) is 11.0. The van der Waals surface area contributed by atoms with E-state index < -0.39 is 11.0 Å². The molecule has 0 saturated carbocycles. The molecule has 0 heterocycles.